The first-order valence-corrected chi connectivity index (χ1v) is 5.11. The highest BCUT2D eigenvalue weighted by molar-refractivity contribution is 5.44. The zero-order valence-corrected chi connectivity index (χ0v) is 9.37. The molecule has 1 aliphatic heterocycles. The van der Waals surface area contributed by atoms with E-state index < -0.39 is 0 Å². The van der Waals surface area contributed by atoms with Gasteiger partial charge in [0.2, 0.25) is 0 Å². The molecule has 1 aromatic carbocycles. The zero-order chi connectivity index (χ0) is 10.8. The molecule has 0 N–H and O–H groups in total. The largest absolute Gasteiger partial charge is 0.496 e. The molecule has 1 fully saturated rings. The van der Waals surface area contributed by atoms with E-state index in [-0.39, 0.29) is 6.29 Å². The summed E-state index contributed by atoms with van der Waals surface area (Å²) in [6.07, 6.45) is -0.199. The van der Waals surface area contributed by atoms with Crippen LogP contribution < -0.4 is 4.74 Å². The van der Waals surface area contributed by atoms with Crippen molar-refractivity contribution in [3.63, 3.8) is 0 Å². The van der Waals surface area contributed by atoms with Crippen LogP contribution in [0.25, 0.3) is 0 Å². The maximum absolute atomic E-state index is 5.49. The maximum atomic E-state index is 5.49. The van der Waals surface area contributed by atoms with Gasteiger partial charge in [-0.15, -0.1) is 0 Å². The van der Waals surface area contributed by atoms with E-state index in [9.17, 15) is 0 Å². The minimum atomic E-state index is -0.199. The van der Waals surface area contributed by atoms with Crippen LogP contribution in [-0.4, -0.2) is 20.3 Å². The van der Waals surface area contributed by atoms with Crippen LogP contribution >= 0.6 is 0 Å². The Labute approximate surface area is 90.0 Å². The first-order valence-electron chi connectivity index (χ1n) is 5.11. The van der Waals surface area contributed by atoms with E-state index in [0.29, 0.717) is 13.2 Å². The van der Waals surface area contributed by atoms with Crippen molar-refractivity contribution >= 4 is 0 Å². The van der Waals surface area contributed by atoms with E-state index in [1.165, 1.54) is 5.56 Å². The molecule has 1 heterocycles. The summed E-state index contributed by atoms with van der Waals surface area (Å²) in [7, 11) is 1.68. The lowest BCUT2D eigenvalue weighted by Crippen LogP contribution is -2.03. The van der Waals surface area contributed by atoms with E-state index in [4.69, 9.17) is 14.2 Å². The van der Waals surface area contributed by atoms with Gasteiger partial charge in [0, 0.05) is 5.56 Å². The van der Waals surface area contributed by atoms with Crippen LogP contribution in [0, 0.1) is 13.8 Å². The molecule has 0 aliphatic carbocycles. The van der Waals surface area contributed by atoms with Gasteiger partial charge in [-0.3, -0.25) is 0 Å². The molecular formula is C12H16O3. The Hall–Kier alpha value is -1.06. The molecule has 0 aromatic heterocycles. The van der Waals surface area contributed by atoms with Gasteiger partial charge in [0.15, 0.2) is 6.29 Å². The van der Waals surface area contributed by atoms with Crippen molar-refractivity contribution in [1.82, 2.24) is 0 Å². The van der Waals surface area contributed by atoms with Crippen molar-refractivity contribution in [2.24, 2.45) is 0 Å². The summed E-state index contributed by atoms with van der Waals surface area (Å²) in [6, 6.07) is 3.97. The van der Waals surface area contributed by atoms with Gasteiger partial charge in [-0.2, -0.15) is 0 Å². The number of ether oxygens (including phenoxy) is 3. The third-order valence-electron chi connectivity index (χ3n) is 2.88. The van der Waals surface area contributed by atoms with Crippen molar-refractivity contribution < 1.29 is 14.2 Å². The molecule has 0 unspecified atom stereocenters. The van der Waals surface area contributed by atoms with Gasteiger partial charge in [-0.25, -0.2) is 0 Å². The molecule has 15 heavy (non-hydrogen) atoms. The van der Waals surface area contributed by atoms with E-state index >= 15 is 0 Å². The lowest BCUT2D eigenvalue weighted by molar-refractivity contribution is -0.0446. The van der Waals surface area contributed by atoms with E-state index in [1.54, 1.807) is 7.11 Å². The van der Waals surface area contributed by atoms with Crippen LogP contribution in [-0.2, 0) is 9.47 Å². The van der Waals surface area contributed by atoms with Crippen molar-refractivity contribution in [2.45, 2.75) is 20.1 Å². The first-order chi connectivity index (χ1) is 7.24. The van der Waals surface area contributed by atoms with Gasteiger partial charge in [0.1, 0.15) is 5.75 Å². The van der Waals surface area contributed by atoms with Crippen molar-refractivity contribution in [1.29, 1.82) is 0 Å². The molecule has 3 heteroatoms. The fourth-order valence-corrected chi connectivity index (χ4v) is 1.83. The van der Waals surface area contributed by atoms with E-state index in [2.05, 4.69) is 6.92 Å². The molecule has 2 rings (SSSR count). The van der Waals surface area contributed by atoms with Crippen molar-refractivity contribution in [3.8, 4) is 5.75 Å². The van der Waals surface area contributed by atoms with Crippen LogP contribution in [0.5, 0.6) is 5.75 Å². The van der Waals surface area contributed by atoms with Gasteiger partial charge in [0.05, 0.1) is 20.3 Å². The summed E-state index contributed by atoms with van der Waals surface area (Å²) >= 11 is 0. The van der Waals surface area contributed by atoms with E-state index in [0.717, 1.165) is 16.9 Å². The second-order valence-electron chi connectivity index (χ2n) is 3.68. The Kier molecular flexibility index (Phi) is 2.93. The normalized spacial score (nSPS) is 17.0. The summed E-state index contributed by atoms with van der Waals surface area (Å²) in [5, 5.41) is 0. The summed E-state index contributed by atoms with van der Waals surface area (Å²) in [4.78, 5) is 0. The smallest absolute Gasteiger partial charge is 0.184 e. The molecule has 0 amide bonds. The monoisotopic (exact) mass is 208 g/mol. The third kappa shape index (κ3) is 1.85. The predicted molar refractivity (Wildman–Crippen MR) is 57.1 cm³/mol. The van der Waals surface area contributed by atoms with Crippen LogP contribution in [0.3, 0.4) is 0 Å². The fourth-order valence-electron chi connectivity index (χ4n) is 1.83. The Morgan fingerprint density at radius 2 is 1.80 bits per heavy atom. The van der Waals surface area contributed by atoms with Crippen molar-refractivity contribution in [2.75, 3.05) is 20.3 Å². The molecule has 0 atom stereocenters. The molecule has 0 saturated carbocycles. The molecule has 0 spiro atoms. The fraction of sp³-hybridized carbons (Fsp3) is 0.500. The van der Waals surface area contributed by atoms with Crippen LogP contribution in [0.4, 0.5) is 0 Å². The molecule has 0 bridgehead atoms. The standard InChI is InChI=1S/C12H16O3/c1-8-9(2)11(13-3)5-4-10(8)12-14-6-7-15-12/h4-5,12H,6-7H2,1-3H3. The van der Waals surface area contributed by atoms with Gasteiger partial charge in [-0.1, -0.05) is 0 Å². The Balaban J connectivity index is 2.36. The predicted octanol–water partition coefficient (Wildman–Crippen LogP) is 2.36. The first kappa shape index (κ1) is 10.5. The Bertz CT molecular complexity index is 354. The number of methoxy groups -OCH3 is 1. The second-order valence-corrected chi connectivity index (χ2v) is 3.68. The summed E-state index contributed by atoms with van der Waals surface area (Å²) < 4.78 is 16.2. The van der Waals surface area contributed by atoms with Gasteiger partial charge in [-0.05, 0) is 37.1 Å². The lowest BCUT2D eigenvalue weighted by atomic mass is 10.0. The van der Waals surface area contributed by atoms with Gasteiger partial charge in [0.25, 0.3) is 0 Å². The quantitative estimate of drug-likeness (QED) is 0.746. The number of rotatable bonds is 2. The Morgan fingerprint density at radius 1 is 1.13 bits per heavy atom. The number of hydrogen-bond acceptors (Lipinski definition) is 3. The molecule has 1 saturated heterocycles. The summed E-state index contributed by atoms with van der Waals surface area (Å²) in [6.45, 7) is 5.47. The van der Waals surface area contributed by atoms with Crippen LogP contribution in [0.1, 0.15) is 23.0 Å². The minimum absolute atomic E-state index is 0.199. The van der Waals surface area contributed by atoms with Crippen LogP contribution in [0.2, 0.25) is 0 Å². The summed E-state index contributed by atoms with van der Waals surface area (Å²) in [5.41, 5.74) is 3.43. The van der Waals surface area contributed by atoms with Crippen molar-refractivity contribution in [3.05, 3.63) is 28.8 Å². The zero-order valence-electron chi connectivity index (χ0n) is 9.37. The van der Waals surface area contributed by atoms with Crippen LogP contribution in [0.15, 0.2) is 12.1 Å². The topological polar surface area (TPSA) is 27.7 Å². The average molecular weight is 208 g/mol. The van der Waals surface area contributed by atoms with Gasteiger partial charge < -0.3 is 14.2 Å². The Morgan fingerprint density at radius 3 is 2.40 bits per heavy atom. The molecule has 0 radical (unpaired) electrons. The molecule has 82 valence electrons. The highest BCUT2D eigenvalue weighted by atomic mass is 16.7. The lowest BCUT2D eigenvalue weighted by Gasteiger charge is -2.16. The molecule has 1 aromatic rings. The number of benzene rings is 1. The molecular weight excluding hydrogens is 192 g/mol. The highest BCUT2D eigenvalue weighted by Crippen LogP contribution is 2.31. The highest BCUT2D eigenvalue weighted by Gasteiger charge is 2.21. The second kappa shape index (κ2) is 4.21. The maximum Gasteiger partial charge on any atom is 0.184 e. The SMILES string of the molecule is COc1ccc(C2OCCO2)c(C)c1C. The minimum Gasteiger partial charge on any atom is -0.496 e. The molecule has 3 nitrogen and oxygen atoms in total. The van der Waals surface area contributed by atoms with Gasteiger partial charge >= 0.3 is 0 Å². The average Bonchev–Trinajstić information content (AvgIpc) is 2.75. The molecule has 1 aliphatic rings. The summed E-state index contributed by atoms with van der Waals surface area (Å²) in [5.74, 6) is 0.911. The third-order valence-corrected chi connectivity index (χ3v) is 2.88. The van der Waals surface area contributed by atoms with E-state index in [1.807, 2.05) is 19.1 Å². The number of hydrogen-bond donors (Lipinski definition) is 0.